The molecule has 2 heterocycles. The Morgan fingerprint density at radius 3 is 3.00 bits per heavy atom. The molecule has 18 heavy (non-hydrogen) atoms. The maximum atomic E-state index is 12.2. The summed E-state index contributed by atoms with van der Waals surface area (Å²) >= 11 is 0. The molecule has 1 aliphatic rings. The minimum Gasteiger partial charge on any atom is -0.399 e. The van der Waals surface area contributed by atoms with Gasteiger partial charge in [0.15, 0.2) is 0 Å². The molecule has 3 rings (SSSR count). The van der Waals surface area contributed by atoms with Crippen LogP contribution in [0, 0.1) is 0 Å². The number of aryl methyl sites for hydroxylation is 1. The van der Waals surface area contributed by atoms with E-state index in [1.165, 1.54) is 0 Å². The number of nitrogens with two attached hydrogens (primary N) is 1. The fourth-order valence-corrected chi connectivity index (χ4v) is 2.28. The van der Waals surface area contributed by atoms with E-state index in [-0.39, 0.29) is 5.91 Å². The molecule has 0 saturated heterocycles. The van der Waals surface area contributed by atoms with E-state index in [4.69, 9.17) is 5.73 Å². The van der Waals surface area contributed by atoms with Gasteiger partial charge in [0.1, 0.15) is 0 Å². The maximum absolute atomic E-state index is 12.2. The van der Waals surface area contributed by atoms with Crippen molar-refractivity contribution in [2.75, 3.05) is 5.73 Å². The third-order valence-corrected chi connectivity index (χ3v) is 3.14. The van der Waals surface area contributed by atoms with E-state index in [0.29, 0.717) is 18.8 Å². The first-order valence-corrected chi connectivity index (χ1v) is 5.78. The van der Waals surface area contributed by atoms with Crippen LogP contribution in [0.15, 0.2) is 30.6 Å². The summed E-state index contributed by atoms with van der Waals surface area (Å²) in [5, 5.41) is 4.11. The molecule has 2 N–H and O–H groups in total. The van der Waals surface area contributed by atoms with Gasteiger partial charge in [-0.15, -0.1) is 0 Å². The van der Waals surface area contributed by atoms with Crippen molar-refractivity contribution in [3.8, 4) is 0 Å². The van der Waals surface area contributed by atoms with Gasteiger partial charge in [-0.2, -0.15) is 5.10 Å². The Morgan fingerprint density at radius 1 is 1.44 bits per heavy atom. The van der Waals surface area contributed by atoms with Gasteiger partial charge in [-0.3, -0.25) is 9.48 Å². The van der Waals surface area contributed by atoms with E-state index < -0.39 is 0 Å². The van der Waals surface area contributed by atoms with Crippen LogP contribution in [0.5, 0.6) is 0 Å². The molecule has 1 amide bonds. The quantitative estimate of drug-likeness (QED) is 0.804. The molecule has 1 aromatic carbocycles. The summed E-state index contributed by atoms with van der Waals surface area (Å²) < 4.78 is 1.74. The van der Waals surface area contributed by atoms with Crippen molar-refractivity contribution in [3.63, 3.8) is 0 Å². The molecule has 1 aliphatic heterocycles. The molecule has 5 nitrogen and oxygen atoms in total. The van der Waals surface area contributed by atoms with Gasteiger partial charge >= 0.3 is 0 Å². The predicted octanol–water partition coefficient (Wildman–Crippen LogP) is 1.16. The van der Waals surface area contributed by atoms with Crippen molar-refractivity contribution in [2.24, 2.45) is 7.05 Å². The van der Waals surface area contributed by atoms with E-state index in [9.17, 15) is 4.79 Å². The lowest BCUT2D eigenvalue weighted by Gasteiger charge is -2.13. The van der Waals surface area contributed by atoms with Gasteiger partial charge in [-0.05, 0) is 17.7 Å². The lowest BCUT2D eigenvalue weighted by atomic mass is 10.1. The number of amides is 1. The van der Waals surface area contributed by atoms with E-state index in [2.05, 4.69) is 5.10 Å². The van der Waals surface area contributed by atoms with Crippen LogP contribution in [-0.4, -0.2) is 20.6 Å². The molecule has 5 heteroatoms. The molecule has 0 bridgehead atoms. The SMILES string of the molecule is Cn1cc(CN2Cc3ccc(N)cc3C2=O)cn1. The van der Waals surface area contributed by atoms with Gasteiger partial charge in [0.2, 0.25) is 0 Å². The fourth-order valence-electron chi connectivity index (χ4n) is 2.28. The van der Waals surface area contributed by atoms with Crippen LogP contribution in [0.25, 0.3) is 0 Å². The molecule has 0 spiro atoms. The van der Waals surface area contributed by atoms with Crippen molar-refractivity contribution in [1.82, 2.24) is 14.7 Å². The first-order valence-electron chi connectivity index (χ1n) is 5.78. The average molecular weight is 242 g/mol. The molecule has 0 fully saturated rings. The third-order valence-electron chi connectivity index (χ3n) is 3.14. The summed E-state index contributed by atoms with van der Waals surface area (Å²) in [5.41, 5.74) is 9.14. The Morgan fingerprint density at radius 2 is 2.28 bits per heavy atom. The van der Waals surface area contributed by atoms with Crippen LogP contribution in [0.2, 0.25) is 0 Å². The van der Waals surface area contributed by atoms with Crippen LogP contribution in [-0.2, 0) is 20.1 Å². The number of anilines is 1. The molecule has 2 aromatic rings. The second kappa shape index (κ2) is 3.87. The Kier molecular flexibility index (Phi) is 2.33. The smallest absolute Gasteiger partial charge is 0.254 e. The number of rotatable bonds is 2. The largest absolute Gasteiger partial charge is 0.399 e. The highest BCUT2D eigenvalue weighted by Crippen LogP contribution is 2.25. The first kappa shape index (κ1) is 10.8. The van der Waals surface area contributed by atoms with Gasteiger partial charge in [-0.25, -0.2) is 0 Å². The summed E-state index contributed by atoms with van der Waals surface area (Å²) in [6.45, 7) is 1.23. The number of hydrogen-bond donors (Lipinski definition) is 1. The normalized spacial score (nSPS) is 14.1. The van der Waals surface area contributed by atoms with E-state index in [0.717, 1.165) is 16.7 Å². The molecule has 0 radical (unpaired) electrons. The lowest BCUT2D eigenvalue weighted by molar-refractivity contribution is 0.0766. The summed E-state index contributed by atoms with van der Waals surface area (Å²) in [7, 11) is 1.87. The number of aromatic nitrogens is 2. The topological polar surface area (TPSA) is 64.2 Å². The van der Waals surface area contributed by atoms with Crippen LogP contribution in [0.1, 0.15) is 21.5 Å². The van der Waals surface area contributed by atoms with Gasteiger partial charge in [0.05, 0.1) is 6.20 Å². The van der Waals surface area contributed by atoms with Crippen LogP contribution in [0.3, 0.4) is 0 Å². The van der Waals surface area contributed by atoms with E-state index in [1.807, 2.05) is 25.4 Å². The number of benzene rings is 1. The molecule has 0 unspecified atom stereocenters. The van der Waals surface area contributed by atoms with Crippen molar-refractivity contribution < 1.29 is 4.79 Å². The summed E-state index contributed by atoms with van der Waals surface area (Å²) in [4.78, 5) is 14.0. The predicted molar refractivity (Wildman–Crippen MR) is 67.6 cm³/mol. The molecule has 92 valence electrons. The number of nitrogens with zero attached hydrogens (tertiary/aromatic N) is 3. The van der Waals surface area contributed by atoms with Crippen molar-refractivity contribution in [3.05, 3.63) is 47.3 Å². The number of hydrogen-bond acceptors (Lipinski definition) is 3. The minimum absolute atomic E-state index is 0.0427. The maximum Gasteiger partial charge on any atom is 0.254 e. The Hall–Kier alpha value is -2.30. The molecule has 0 aliphatic carbocycles. The van der Waals surface area contributed by atoms with Crippen molar-refractivity contribution in [1.29, 1.82) is 0 Å². The standard InChI is InChI=1S/C13H14N4O/c1-16-6-9(5-15-16)7-17-8-10-2-3-11(14)4-12(10)13(17)18/h2-6H,7-8,14H2,1H3. The molecule has 0 saturated carbocycles. The summed E-state index contributed by atoms with van der Waals surface area (Å²) in [6, 6.07) is 5.51. The van der Waals surface area contributed by atoms with Gasteiger partial charge < -0.3 is 10.6 Å². The fraction of sp³-hybridized carbons (Fsp3) is 0.231. The summed E-state index contributed by atoms with van der Waals surface area (Å²) in [5.74, 6) is 0.0427. The second-order valence-electron chi connectivity index (χ2n) is 4.60. The zero-order valence-corrected chi connectivity index (χ0v) is 10.1. The third kappa shape index (κ3) is 1.73. The van der Waals surface area contributed by atoms with Gasteiger partial charge in [0, 0.05) is 43.1 Å². The average Bonchev–Trinajstić information content (AvgIpc) is 2.86. The Labute approximate surface area is 105 Å². The van der Waals surface area contributed by atoms with Crippen molar-refractivity contribution in [2.45, 2.75) is 13.1 Å². The first-order chi connectivity index (χ1) is 8.63. The molecule has 1 aromatic heterocycles. The van der Waals surface area contributed by atoms with E-state index in [1.54, 1.807) is 21.8 Å². The number of carbonyl (C=O) groups is 1. The minimum atomic E-state index is 0.0427. The zero-order valence-electron chi connectivity index (χ0n) is 10.1. The highest BCUT2D eigenvalue weighted by molar-refractivity contribution is 5.99. The monoisotopic (exact) mass is 242 g/mol. The van der Waals surface area contributed by atoms with Crippen molar-refractivity contribution >= 4 is 11.6 Å². The summed E-state index contributed by atoms with van der Waals surface area (Å²) in [6.07, 6.45) is 3.70. The van der Waals surface area contributed by atoms with E-state index >= 15 is 0 Å². The van der Waals surface area contributed by atoms with Crippen LogP contribution >= 0.6 is 0 Å². The Balaban J connectivity index is 1.84. The molecular weight excluding hydrogens is 228 g/mol. The lowest BCUT2D eigenvalue weighted by Crippen LogP contribution is -2.23. The molecule has 0 atom stereocenters. The highest BCUT2D eigenvalue weighted by atomic mass is 16.2. The van der Waals surface area contributed by atoms with Crippen LogP contribution < -0.4 is 5.73 Å². The zero-order chi connectivity index (χ0) is 12.7. The number of nitrogen functional groups attached to an aromatic ring is 1. The number of fused-ring (bicyclic) bond motifs is 1. The van der Waals surface area contributed by atoms with Gasteiger partial charge in [0.25, 0.3) is 5.91 Å². The molecular formula is C13H14N4O. The highest BCUT2D eigenvalue weighted by Gasteiger charge is 2.27. The second-order valence-corrected chi connectivity index (χ2v) is 4.60. The van der Waals surface area contributed by atoms with Crippen LogP contribution in [0.4, 0.5) is 5.69 Å². The number of carbonyl (C=O) groups excluding carboxylic acids is 1. The Bertz CT molecular complexity index is 617. The van der Waals surface area contributed by atoms with Gasteiger partial charge in [-0.1, -0.05) is 6.07 Å².